The molecule has 78 valence electrons. The van der Waals surface area contributed by atoms with Crippen molar-refractivity contribution in [3.63, 3.8) is 0 Å². The molecule has 0 aromatic carbocycles. The highest BCUT2D eigenvalue weighted by Gasteiger charge is 2.05. The smallest absolute Gasteiger partial charge is 0.0386 e. The van der Waals surface area contributed by atoms with Crippen LogP contribution in [0.15, 0.2) is 24.3 Å². The summed E-state index contributed by atoms with van der Waals surface area (Å²) in [5.74, 6) is 0. The first-order chi connectivity index (χ1) is 6.59. The van der Waals surface area contributed by atoms with Crippen LogP contribution in [0.3, 0.4) is 0 Å². The van der Waals surface area contributed by atoms with Crippen LogP contribution in [0.1, 0.15) is 36.1 Å². The van der Waals surface area contributed by atoms with Crippen LogP contribution >= 0.6 is 11.3 Å². The van der Waals surface area contributed by atoms with E-state index in [-0.39, 0.29) is 0 Å². The summed E-state index contributed by atoms with van der Waals surface area (Å²) in [6.45, 7) is 11.3. The minimum atomic E-state index is 0.466. The van der Waals surface area contributed by atoms with Crippen molar-refractivity contribution >= 4 is 11.3 Å². The zero-order chi connectivity index (χ0) is 10.6. The van der Waals surface area contributed by atoms with Crippen LogP contribution in [-0.2, 0) is 0 Å². The lowest BCUT2D eigenvalue weighted by molar-refractivity contribution is 0.584. The third-order valence-electron chi connectivity index (χ3n) is 2.19. The zero-order valence-corrected chi connectivity index (χ0v) is 10.1. The Morgan fingerprint density at radius 3 is 2.79 bits per heavy atom. The van der Waals surface area contributed by atoms with Gasteiger partial charge in [0.25, 0.3) is 0 Å². The SMILES string of the molecule is C=C(C)CCNC(C)c1ccc(C)s1. The summed E-state index contributed by atoms with van der Waals surface area (Å²) >= 11 is 1.87. The van der Waals surface area contributed by atoms with Crippen LogP contribution in [0.2, 0.25) is 0 Å². The van der Waals surface area contributed by atoms with E-state index in [1.54, 1.807) is 0 Å². The van der Waals surface area contributed by atoms with E-state index in [4.69, 9.17) is 0 Å². The first-order valence-corrected chi connectivity index (χ1v) is 5.85. The van der Waals surface area contributed by atoms with E-state index in [1.165, 1.54) is 15.3 Å². The molecule has 1 atom stereocenters. The second-order valence-electron chi connectivity index (χ2n) is 3.83. The maximum atomic E-state index is 3.89. The summed E-state index contributed by atoms with van der Waals surface area (Å²) in [5, 5.41) is 3.49. The fraction of sp³-hybridized carbons (Fsp3) is 0.500. The third-order valence-corrected chi connectivity index (χ3v) is 3.37. The predicted octanol–water partition coefficient (Wildman–Crippen LogP) is 3.67. The van der Waals surface area contributed by atoms with E-state index >= 15 is 0 Å². The quantitative estimate of drug-likeness (QED) is 0.730. The molecule has 1 aromatic rings. The molecule has 1 aromatic heterocycles. The molecule has 0 amide bonds. The van der Waals surface area contributed by atoms with Crippen molar-refractivity contribution < 1.29 is 0 Å². The number of aryl methyl sites for hydroxylation is 1. The molecule has 0 aliphatic heterocycles. The number of rotatable bonds is 5. The van der Waals surface area contributed by atoms with E-state index < -0.39 is 0 Å². The fourth-order valence-corrected chi connectivity index (χ4v) is 2.19. The van der Waals surface area contributed by atoms with Gasteiger partial charge in [-0.2, -0.15) is 0 Å². The Kier molecular flexibility index (Phi) is 4.36. The van der Waals surface area contributed by atoms with E-state index in [2.05, 4.69) is 44.8 Å². The molecule has 1 rings (SSSR count). The molecule has 2 heteroatoms. The molecule has 0 saturated carbocycles. The van der Waals surface area contributed by atoms with Gasteiger partial charge < -0.3 is 5.32 Å². The highest BCUT2D eigenvalue weighted by molar-refractivity contribution is 7.12. The van der Waals surface area contributed by atoms with Crippen molar-refractivity contribution in [2.45, 2.75) is 33.2 Å². The summed E-state index contributed by atoms with van der Waals surface area (Å²) in [5.41, 5.74) is 1.24. The van der Waals surface area contributed by atoms with Crippen molar-refractivity contribution in [1.29, 1.82) is 0 Å². The Morgan fingerprint density at radius 2 is 2.29 bits per heavy atom. The molecular formula is C12H19NS. The van der Waals surface area contributed by atoms with E-state index in [0.717, 1.165) is 13.0 Å². The van der Waals surface area contributed by atoms with Gasteiger partial charge in [0.1, 0.15) is 0 Å². The first kappa shape index (κ1) is 11.5. The lowest BCUT2D eigenvalue weighted by Gasteiger charge is -2.11. The molecule has 1 heterocycles. The van der Waals surface area contributed by atoms with Crippen molar-refractivity contribution in [1.82, 2.24) is 5.32 Å². The standard InChI is InChI=1S/C12H19NS/c1-9(2)7-8-13-11(4)12-6-5-10(3)14-12/h5-6,11,13H,1,7-8H2,2-4H3. The molecule has 0 saturated heterocycles. The maximum Gasteiger partial charge on any atom is 0.0386 e. The molecule has 1 unspecified atom stereocenters. The highest BCUT2D eigenvalue weighted by Crippen LogP contribution is 2.22. The highest BCUT2D eigenvalue weighted by atomic mass is 32.1. The van der Waals surface area contributed by atoms with Gasteiger partial charge in [0.15, 0.2) is 0 Å². The molecule has 0 spiro atoms. The topological polar surface area (TPSA) is 12.0 Å². The van der Waals surface area contributed by atoms with Gasteiger partial charge in [-0.25, -0.2) is 0 Å². The van der Waals surface area contributed by atoms with Crippen LogP contribution in [0.25, 0.3) is 0 Å². The molecule has 14 heavy (non-hydrogen) atoms. The first-order valence-electron chi connectivity index (χ1n) is 5.03. The molecule has 1 N–H and O–H groups in total. The molecule has 0 bridgehead atoms. The van der Waals surface area contributed by atoms with Crippen LogP contribution < -0.4 is 5.32 Å². The van der Waals surface area contributed by atoms with Crippen LogP contribution in [-0.4, -0.2) is 6.54 Å². The molecular weight excluding hydrogens is 190 g/mol. The number of nitrogens with one attached hydrogen (secondary N) is 1. The molecule has 0 aliphatic rings. The summed E-state index contributed by atoms with van der Waals surface area (Å²) in [4.78, 5) is 2.80. The average molecular weight is 209 g/mol. The third kappa shape index (κ3) is 3.64. The fourth-order valence-electron chi connectivity index (χ4n) is 1.29. The van der Waals surface area contributed by atoms with Crippen LogP contribution in [0.4, 0.5) is 0 Å². The maximum absolute atomic E-state index is 3.89. The van der Waals surface area contributed by atoms with E-state index in [9.17, 15) is 0 Å². The second kappa shape index (κ2) is 5.32. The summed E-state index contributed by atoms with van der Waals surface area (Å²) < 4.78 is 0. The number of hydrogen-bond donors (Lipinski definition) is 1. The lowest BCUT2D eigenvalue weighted by Crippen LogP contribution is -2.19. The van der Waals surface area contributed by atoms with Gasteiger partial charge in [-0.05, 0) is 45.9 Å². The summed E-state index contributed by atoms with van der Waals surface area (Å²) in [7, 11) is 0. The monoisotopic (exact) mass is 209 g/mol. The van der Waals surface area contributed by atoms with Crippen LogP contribution in [0.5, 0.6) is 0 Å². The Labute approximate surface area is 90.9 Å². The second-order valence-corrected chi connectivity index (χ2v) is 5.15. The van der Waals surface area contributed by atoms with E-state index in [1.807, 2.05) is 11.3 Å². The molecule has 0 aliphatic carbocycles. The average Bonchev–Trinajstić information content (AvgIpc) is 2.51. The normalized spacial score (nSPS) is 12.8. The van der Waals surface area contributed by atoms with Gasteiger partial charge in [0, 0.05) is 15.8 Å². The van der Waals surface area contributed by atoms with Crippen molar-refractivity contribution in [3.05, 3.63) is 34.0 Å². The van der Waals surface area contributed by atoms with Crippen molar-refractivity contribution in [3.8, 4) is 0 Å². The number of thiophene rings is 1. The Balaban J connectivity index is 2.35. The Morgan fingerprint density at radius 1 is 1.57 bits per heavy atom. The minimum absolute atomic E-state index is 0.466. The van der Waals surface area contributed by atoms with Gasteiger partial charge in [-0.15, -0.1) is 17.9 Å². The molecule has 0 fully saturated rings. The van der Waals surface area contributed by atoms with Crippen molar-refractivity contribution in [2.75, 3.05) is 6.54 Å². The van der Waals surface area contributed by atoms with Crippen molar-refractivity contribution in [2.24, 2.45) is 0 Å². The minimum Gasteiger partial charge on any atom is -0.309 e. The van der Waals surface area contributed by atoms with Gasteiger partial charge in [0.2, 0.25) is 0 Å². The lowest BCUT2D eigenvalue weighted by atomic mass is 10.2. The Hall–Kier alpha value is -0.600. The number of hydrogen-bond acceptors (Lipinski definition) is 2. The largest absolute Gasteiger partial charge is 0.309 e. The van der Waals surface area contributed by atoms with Gasteiger partial charge >= 0.3 is 0 Å². The van der Waals surface area contributed by atoms with Gasteiger partial charge in [-0.1, -0.05) is 5.57 Å². The molecule has 1 nitrogen and oxygen atoms in total. The molecule has 0 radical (unpaired) electrons. The summed E-state index contributed by atoms with van der Waals surface area (Å²) in [6.07, 6.45) is 1.06. The summed E-state index contributed by atoms with van der Waals surface area (Å²) in [6, 6.07) is 4.85. The predicted molar refractivity (Wildman–Crippen MR) is 64.9 cm³/mol. The van der Waals surface area contributed by atoms with Gasteiger partial charge in [0.05, 0.1) is 0 Å². The van der Waals surface area contributed by atoms with E-state index in [0.29, 0.717) is 6.04 Å². The Bertz CT molecular complexity index is 301. The zero-order valence-electron chi connectivity index (χ0n) is 9.26. The van der Waals surface area contributed by atoms with Gasteiger partial charge in [-0.3, -0.25) is 0 Å². The van der Waals surface area contributed by atoms with Crippen LogP contribution in [0, 0.1) is 6.92 Å².